The molecule has 0 saturated heterocycles. The molecule has 0 amide bonds. The average molecular weight is 439 g/mol. The second-order valence-corrected chi connectivity index (χ2v) is 8.25. The van der Waals surface area contributed by atoms with E-state index in [0.717, 1.165) is 12.0 Å². The van der Waals surface area contributed by atoms with E-state index >= 15 is 0 Å². The number of rotatable bonds is 6. The van der Waals surface area contributed by atoms with Gasteiger partial charge in [-0.05, 0) is 60.6 Å². The van der Waals surface area contributed by atoms with Gasteiger partial charge in [-0.15, -0.1) is 0 Å². The highest BCUT2D eigenvalue weighted by Gasteiger charge is 1.99. The van der Waals surface area contributed by atoms with Crippen LogP contribution in [-0.4, -0.2) is 0 Å². The van der Waals surface area contributed by atoms with Crippen LogP contribution in [0.3, 0.4) is 0 Å². The number of hydrogen-bond donors (Lipinski definition) is 0. The van der Waals surface area contributed by atoms with Gasteiger partial charge < -0.3 is 0 Å². The van der Waals surface area contributed by atoms with Crippen molar-refractivity contribution in [3.63, 3.8) is 0 Å². The molecule has 0 spiro atoms. The van der Waals surface area contributed by atoms with Gasteiger partial charge in [0.1, 0.15) is 0 Å². The van der Waals surface area contributed by atoms with Gasteiger partial charge in [0, 0.05) is 0 Å². The Kier molecular flexibility index (Phi) is 14.0. The van der Waals surface area contributed by atoms with Crippen molar-refractivity contribution >= 4 is 16.7 Å². The summed E-state index contributed by atoms with van der Waals surface area (Å²) in [6.45, 7) is 17.1. The molecule has 0 nitrogen and oxygen atoms in total. The van der Waals surface area contributed by atoms with Gasteiger partial charge in [0.05, 0.1) is 0 Å². The van der Waals surface area contributed by atoms with Gasteiger partial charge >= 0.3 is 0 Å². The summed E-state index contributed by atoms with van der Waals surface area (Å²) in [6, 6.07) is 29.3. The highest BCUT2D eigenvalue weighted by molar-refractivity contribution is 5.82. The third kappa shape index (κ3) is 11.3. The Bertz CT molecular complexity index is 986. The van der Waals surface area contributed by atoms with E-state index in [4.69, 9.17) is 0 Å². The topological polar surface area (TPSA) is 0 Å². The monoisotopic (exact) mass is 438 g/mol. The van der Waals surface area contributed by atoms with E-state index in [1.54, 1.807) is 0 Å². The summed E-state index contributed by atoms with van der Waals surface area (Å²) in [5, 5.41) is 0. The average Bonchev–Trinajstić information content (AvgIpc) is 2.86. The Balaban J connectivity index is 0.000000309. The second-order valence-electron chi connectivity index (χ2n) is 8.25. The summed E-state index contributed by atoms with van der Waals surface area (Å²) in [6.07, 6.45) is 8.14. The third-order valence-corrected chi connectivity index (χ3v) is 5.25. The van der Waals surface area contributed by atoms with E-state index in [1.165, 1.54) is 46.2 Å². The molecule has 0 radical (unpaired) electrons. The maximum atomic E-state index is 4.16. The molecular weight excluding hydrogens is 396 g/mol. The molecule has 0 unspecified atom stereocenters. The standard InChI is InChI=1S/C18H18.C11H14.C4H10/c1-14-8-7-11-18(12-14)16(3)13-15(2)17-9-5-4-6-10-17;1-3-7-10(2)11-8-5-4-6-9-11;1-3-4-2/h4-13H,3H2,1-2H3;4-9H,3H2,1-2H3;3-4H2,1-2H3/b15-13+;10-7-;. The summed E-state index contributed by atoms with van der Waals surface area (Å²) in [4.78, 5) is 0. The minimum Gasteiger partial charge on any atom is -0.0911 e. The van der Waals surface area contributed by atoms with Gasteiger partial charge in [-0.3, -0.25) is 0 Å². The van der Waals surface area contributed by atoms with Crippen molar-refractivity contribution in [2.45, 2.75) is 60.8 Å². The minimum absolute atomic E-state index is 1.06. The Labute approximate surface area is 203 Å². The number of hydrogen-bond acceptors (Lipinski definition) is 0. The lowest BCUT2D eigenvalue weighted by molar-refractivity contribution is 0.886. The Morgan fingerprint density at radius 2 is 1.15 bits per heavy atom. The molecule has 0 aromatic heterocycles. The quantitative estimate of drug-likeness (QED) is 0.336. The van der Waals surface area contributed by atoms with Crippen LogP contribution in [0.1, 0.15) is 76.1 Å². The largest absolute Gasteiger partial charge is 0.0911 e. The molecule has 33 heavy (non-hydrogen) atoms. The minimum atomic E-state index is 1.06. The van der Waals surface area contributed by atoms with Gasteiger partial charge in [-0.2, -0.15) is 0 Å². The number of aryl methyl sites for hydroxylation is 1. The van der Waals surface area contributed by atoms with Gasteiger partial charge in [0.25, 0.3) is 0 Å². The van der Waals surface area contributed by atoms with E-state index in [0.29, 0.717) is 0 Å². The van der Waals surface area contributed by atoms with Gasteiger partial charge in [-0.1, -0.05) is 143 Å². The van der Waals surface area contributed by atoms with Crippen molar-refractivity contribution in [2.24, 2.45) is 0 Å². The molecule has 0 heteroatoms. The molecule has 0 heterocycles. The van der Waals surface area contributed by atoms with Crippen molar-refractivity contribution in [3.05, 3.63) is 126 Å². The van der Waals surface area contributed by atoms with Crippen LogP contribution in [0.2, 0.25) is 0 Å². The maximum Gasteiger partial charge on any atom is -0.0187 e. The van der Waals surface area contributed by atoms with Gasteiger partial charge in [0.15, 0.2) is 0 Å². The summed E-state index contributed by atoms with van der Waals surface area (Å²) in [5.41, 5.74) is 8.68. The molecule has 174 valence electrons. The van der Waals surface area contributed by atoms with Crippen LogP contribution in [0.15, 0.2) is 104 Å². The number of benzene rings is 3. The molecule has 3 rings (SSSR count). The Morgan fingerprint density at radius 1 is 0.667 bits per heavy atom. The van der Waals surface area contributed by atoms with Crippen LogP contribution >= 0.6 is 0 Å². The van der Waals surface area contributed by atoms with E-state index in [1.807, 2.05) is 12.1 Å². The fraction of sp³-hybridized carbons (Fsp3) is 0.273. The molecule has 3 aromatic rings. The number of allylic oxidation sites excluding steroid dienone is 5. The SMILES string of the molecule is C=C(/C=C(\C)c1ccccc1)c1cccc(C)c1.CC/C=C(/C)c1ccccc1.CCCC. The molecule has 0 aliphatic carbocycles. The maximum absolute atomic E-state index is 4.16. The van der Waals surface area contributed by atoms with Crippen LogP contribution < -0.4 is 0 Å². The van der Waals surface area contributed by atoms with Gasteiger partial charge in [-0.25, -0.2) is 0 Å². The first-order valence-electron chi connectivity index (χ1n) is 12.1. The highest BCUT2D eigenvalue weighted by atomic mass is 14.0. The summed E-state index contributed by atoms with van der Waals surface area (Å²) in [7, 11) is 0. The first-order chi connectivity index (χ1) is 15.9. The lowest BCUT2D eigenvalue weighted by Gasteiger charge is -2.05. The fourth-order valence-corrected chi connectivity index (χ4v) is 3.10. The first kappa shape index (κ1) is 27.9. The van der Waals surface area contributed by atoms with Gasteiger partial charge in [0.2, 0.25) is 0 Å². The summed E-state index contributed by atoms with van der Waals surface area (Å²) < 4.78 is 0. The Hall–Kier alpha value is -3.12. The molecule has 0 bridgehead atoms. The zero-order valence-electron chi connectivity index (χ0n) is 21.6. The lowest BCUT2D eigenvalue weighted by atomic mass is 10.00. The zero-order chi connectivity index (χ0) is 24.5. The van der Waals surface area contributed by atoms with Crippen molar-refractivity contribution in [1.29, 1.82) is 0 Å². The molecule has 3 aromatic carbocycles. The molecule has 0 aliphatic heterocycles. The first-order valence-corrected chi connectivity index (χ1v) is 12.1. The van der Waals surface area contributed by atoms with Crippen LogP contribution in [0, 0.1) is 6.92 Å². The van der Waals surface area contributed by atoms with E-state index in [2.05, 4.69) is 133 Å². The molecular formula is C33H42. The third-order valence-electron chi connectivity index (χ3n) is 5.25. The van der Waals surface area contributed by atoms with E-state index in [-0.39, 0.29) is 0 Å². The van der Waals surface area contributed by atoms with Crippen LogP contribution in [0.4, 0.5) is 0 Å². The molecule has 0 N–H and O–H groups in total. The van der Waals surface area contributed by atoms with Crippen LogP contribution in [0.25, 0.3) is 16.7 Å². The van der Waals surface area contributed by atoms with Crippen molar-refractivity contribution in [2.75, 3.05) is 0 Å². The van der Waals surface area contributed by atoms with Crippen molar-refractivity contribution in [3.8, 4) is 0 Å². The lowest BCUT2D eigenvalue weighted by Crippen LogP contribution is -1.83. The molecule has 0 fully saturated rings. The fourth-order valence-electron chi connectivity index (χ4n) is 3.10. The predicted molar refractivity (Wildman–Crippen MR) is 151 cm³/mol. The highest BCUT2D eigenvalue weighted by Crippen LogP contribution is 2.21. The molecule has 0 atom stereocenters. The van der Waals surface area contributed by atoms with Crippen molar-refractivity contribution in [1.82, 2.24) is 0 Å². The summed E-state index contributed by atoms with van der Waals surface area (Å²) in [5.74, 6) is 0. The second kappa shape index (κ2) is 16.5. The van der Waals surface area contributed by atoms with E-state index < -0.39 is 0 Å². The van der Waals surface area contributed by atoms with Crippen molar-refractivity contribution < 1.29 is 0 Å². The molecule has 0 aliphatic rings. The normalized spacial score (nSPS) is 11.0. The van der Waals surface area contributed by atoms with Crippen LogP contribution in [-0.2, 0) is 0 Å². The van der Waals surface area contributed by atoms with E-state index in [9.17, 15) is 0 Å². The van der Waals surface area contributed by atoms with Crippen LogP contribution in [0.5, 0.6) is 0 Å². The molecule has 0 saturated carbocycles. The summed E-state index contributed by atoms with van der Waals surface area (Å²) >= 11 is 0. The zero-order valence-corrected chi connectivity index (χ0v) is 21.6. The predicted octanol–water partition coefficient (Wildman–Crippen LogP) is 10.4. The number of unbranched alkanes of at least 4 members (excludes halogenated alkanes) is 1. The Morgan fingerprint density at radius 3 is 1.61 bits per heavy atom. The smallest absolute Gasteiger partial charge is 0.0187 e.